The summed E-state index contributed by atoms with van der Waals surface area (Å²) >= 11 is 0. The van der Waals surface area contributed by atoms with Crippen molar-refractivity contribution in [1.82, 2.24) is 0 Å². The van der Waals surface area contributed by atoms with E-state index in [1.807, 2.05) is 37.3 Å². The number of aryl methyl sites for hydroxylation is 1. The van der Waals surface area contributed by atoms with Crippen LogP contribution in [0.25, 0.3) is 0 Å². The first kappa shape index (κ1) is 13.1. The van der Waals surface area contributed by atoms with Crippen molar-refractivity contribution in [3.05, 3.63) is 70.6 Å². The Bertz CT molecular complexity index is 787. The van der Waals surface area contributed by atoms with Crippen molar-refractivity contribution in [3.8, 4) is 11.8 Å². The normalized spacial score (nSPS) is 16.9. The molecule has 0 aromatic heterocycles. The molecule has 3 rings (SSSR count). The van der Waals surface area contributed by atoms with Crippen LogP contribution in [-0.4, -0.2) is 0 Å². The molecule has 0 amide bonds. The van der Waals surface area contributed by atoms with Gasteiger partial charge in [0.25, 0.3) is 0 Å². The first-order chi connectivity index (χ1) is 10.1. The number of nitriles is 1. The lowest BCUT2D eigenvalue weighted by molar-refractivity contribution is 0.394. The predicted molar refractivity (Wildman–Crippen MR) is 81.3 cm³/mol. The molecule has 4 nitrogen and oxygen atoms in total. The maximum Gasteiger partial charge on any atom is 0.205 e. The molecule has 104 valence electrons. The van der Waals surface area contributed by atoms with Crippen LogP contribution in [0, 0.1) is 18.3 Å². The Morgan fingerprint density at radius 1 is 1.14 bits per heavy atom. The van der Waals surface area contributed by atoms with Crippen LogP contribution < -0.4 is 16.2 Å². The number of allylic oxidation sites excluding steroid dienone is 1. The number of fused-ring (bicyclic) bond motifs is 1. The van der Waals surface area contributed by atoms with Gasteiger partial charge in [0.1, 0.15) is 17.4 Å². The smallest absolute Gasteiger partial charge is 0.205 e. The number of anilines is 1. The standard InChI is InChI=1S/C17H15N3O/c1-10-3-2-4-11(7-10)16-13-6-5-12(19)8-15(13)21-17(20)14(16)9-18/h2-8,16H,19-20H2,1H3. The Morgan fingerprint density at radius 3 is 2.67 bits per heavy atom. The Kier molecular flexibility index (Phi) is 3.03. The minimum absolute atomic E-state index is 0.141. The summed E-state index contributed by atoms with van der Waals surface area (Å²) in [6.45, 7) is 2.02. The second kappa shape index (κ2) is 4.88. The quantitative estimate of drug-likeness (QED) is 0.785. The van der Waals surface area contributed by atoms with Gasteiger partial charge in [0, 0.05) is 17.3 Å². The summed E-state index contributed by atoms with van der Waals surface area (Å²) in [4.78, 5) is 0. The minimum Gasteiger partial charge on any atom is -0.440 e. The third-order valence-corrected chi connectivity index (χ3v) is 3.62. The van der Waals surface area contributed by atoms with Crippen LogP contribution in [0.2, 0.25) is 0 Å². The van der Waals surface area contributed by atoms with E-state index in [1.165, 1.54) is 0 Å². The van der Waals surface area contributed by atoms with Gasteiger partial charge in [0.05, 0.1) is 5.92 Å². The van der Waals surface area contributed by atoms with Crippen LogP contribution in [-0.2, 0) is 0 Å². The van der Waals surface area contributed by atoms with E-state index in [9.17, 15) is 5.26 Å². The second-order valence-corrected chi connectivity index (χ2v) is 5.14. The van der Waals surface area contributed by atoms with Gasteiger partial charge >= 0.3 is 0 Å². The van der Waals surface area contributed by atoms with E-state index >= 15 is 0 Å². The molecule has 1 aliphatic rings. The van der Waals surface area contributed by atoms with E-state index in [4.69, 9.17) is 16.2 Å². The highest BCUT2D eigenvalue weighted by molar-refractivity contribution is 5.59. The van der Waals surface area contributed by atoms with Gasteiger partial charge in [0.2, 0.25) is 5.88 Å². The molecule has 0 bridgehead atoms. The average molecular weight is 277 g/mol. The topological polar surface area (TPSA) is 85.1 Å². The summed E-state index contributed by atoms with van der Waals surface area (Å²) in [5.41, 5.74) is 15.8. The largest absolute Gasteiger partial charge is 0.440 e. The van der Waals surface area contributed by atoms with Crippen LogP contribution >= 0.6 is 0 Å². The maximum atomic E-state index is 9.45. The fraction of sp³-hybridized carbons (Fsp3) is 0.118. The van der Waals surface area contributed by atoms with Gasteiger partial charge in [-0.05, 0) is 18.6 Å². The minimum atomic E-state index is -0.223. The van der Waals surface area contributed by atoms with Gasteiger partial charge in [-0.15, -0.1) is 0 Å². The lowest BCUT2D eigenvalue weighted by atomic mass is 9.83. The Hall–Kier alpha value is -2.93. The van der Waals surface area contributed by atoms with Crippen molar-refractivity contribution in [2.45, 2.75) is 12.8 Å². The highest BCUT2D eigenvalue weighted by Gasteiger charge is 2.30. The first-order valence-corrected chi connectivity index (χ1v) is 6.63. The van der Waals surface area contributed by atoms with Gasteiger partial charge in [-0.25, -0.2) is 0 Å². The zero-order valence-corrected chi connectivity index (χ0v) is 11.6. The molecule has 2 aromatic rings. The third-order valence-electron chi connectivity index (χ3n) is 3.62. The molecule has 0 saturated carbocycles. The summed E-state index contributed by atoms with van der Waals surface area (Å²) in [5.74, 6) is 0.527. The van der Waals surface area contributed by atoms with Crippen molar-refractivity contribution < 1.29 is 4.74 Å². The van der Waals surface area contributed by atoms with Gasteiger partial charge in [-0.2, -0.15) is 5.26 Å². The monoisotopic (exact) mass is 277 g/mol. The van der Waals surface area contributed by atoms with Crippen molar-refractivity contribution in [1.29, 1.82) is 5.26 Å². The molecule has 1 unspecified atom stereocenters. The van der Waals surface area contributed by atoms with Crippen molar-refractivity contribution in [2.24, 2.45) is 5.73 Å². The molecule has 4 N–H and O–H groups in total. The highest BCUT2D eigenvalue weighted by atomic mass is 16.5. The van der Waals surface area contributed by atoms with Gasteiger partial charge in [0.15, 0.2) is 0 Å². The van der Waals surface area contributed by atoms with E-state index < -0.39 is 0 Å². The SMILES string of the molecule is Cc1cccc(C2C(C#N)=C(N)Oc3cc(N)ccc32)c1. The van der Waals surface area contributed by atoms with Crippen LogP contribution in [0.1, 0.15) is 22.6 Å². The number of nitrogen functional groups attached to an aromatic ring is 1. The summed E-state index contributed by atoms with van der Waals surface area (Å²) in [6, 6.07) is 15.7. The van der Waals surface area contributed by atoms with Gasteiger partial charge in [-0.1, -0.05) is 35.9 Å². The Balaban J connectivity index is 2.24. The highest BCUT2D eigenvalue weighted by Crippen LogP contribution is 2.42. The lowest BCUT2D eigenvalue weighted by Gasteiger charge is -2.26. The second-order valence-electron chi connectivity index (χ2n) is 5.14. The van der Waals surface area contributed by atoms with Crippen LogP contribution in [0.3, 0.4) is 0 Å². The molecule has 4 heteroatoms. The molecular weight excluding hydrogens is 262 g/mol. The fourth-order valence-electron chi connectivity index (χ4n) is 2.66. The van der Waals surface area contributed by atoms with Crippen LogP contribution in [0.5, 0.6) is 5.75 Å². The van der Waals surface area contributed by atoms with Gasteiger partial charge < -0.3 is 16.2 Å². The van der Waals surface area contributed by atoms with Gasteiger partial charge in [-0.3, -0.25) is 0 Å². The van der Waals surface area contributed by atoms with E-state index in [2.05, 4.69) is 12.1 Å². The Labute approximate surface area is 123 Å². The van der Waals surface area contributed by atoms with E-state index in [0.29, 0.717) is 17.0 Å². The van der Waals surface area contributed by atoms with Crippen molar-refractivity contribution in [2.75, 3.05) is 5.73 Å². The van der Waals surface area contributed by atoms with E-state index in [1.54, 1.807) is 6.07 Å². The molecular formula is C17H15N3O. The molecule has 0 saturated heterocycles. The lowest BCUT2D eigenvalue weighted by Crippen LogP contribution is -2.21. The molecule has 1 atom stereocenters. The fourth-order valence-corrected chi connectivity index (χ4v) is 2.66. The van der Waals surface area contributed by atoms with Crippen LogP contribution in [0.4, 0.5) is 5.69 Å². The molecule has 0 radical (unpaired) electrons. The Morgan fingerprint density at radius 2 is 1.95 bits per heavy atom. The predicted octanol–water partition coefficient (Wildman–Crippen LogP) is 2.80. The molecule has 1 aliphatic heterocycles. The molecule has 0 aliphatic carbocycles. The third kappa shape index (κ3) is 2.19. The number of nitrogens with two attached hydrogens (primary N) is 2. The molecule has 0 fully saturated rings. The number of hydrogen-bond acceptors (Lipinski definition) is 4. The van der Waals surface area contributed by atoms with Crippen molar-refractivity contribution in [3.63, 3.8) is 0 Å². The molecule has 1 heterocycles. The average Bonchev–Trinajstić information content (AvgIpc) is 2.45. The molecule has 0 spiro atoms. The summed E-state index contributed by atoms with van der Waals surface area (Å²) in [7, 11) is 0. The number of nitrogens with zero attached hydrogens (tertiary/aromatic N) is 1. The zero-order valence-electron chi connectivity index (χ0n) is 11.6. The molecule has 2 aromatic carbocycles. The number of ether oxygens (including phenoxy) is 1. The summed E-state index contributed by atoms with van der Waals surface area (Å²) in [5, 5.41) is 9.45. The van der Waals surface area contributed by atoms with Crippen molar-refractivity contribution >= 4 is 5.69 Å². The number of rotatable bonds is 1. The first-order valence-electron chi connectivity index (χ1n) is 6.63. The number of benzene rings is 2. The zero-order chi connectivity index (χ0) is 15.0. The van der Waals surface area contributed by atoms with E-state index in [-0.39, 0.29) is 11.8 Å². The van der Waals surface area contributed by atoms with Crippen LogP contribution in [0.15, 0.2) is 53.9 Å². The summed E-state index contributed by atoms with van der Waals surface area (Å²) < 4.78 is 5.55. The number of hydrogen-bond donors (Lipinski definition) is 2. The molecule has 21 heavy (non-hydrogen) atoms. The van der Waals surface area contributed by atoms with E-state index in [0.717, 1.165) is 16.7 Å². The maximum absolute atomic E-state index is 9.45. The summed E-state index contributed by atoms with van der Waals surface area (Å²) in [6.07, 6.45) is 0.